The van der Waals surface area contributed by atoms with Crippen LogP contribution in [0.1, 0.15) is 25.6 Å². The van der Waals surface area contributed by atoms with Gasteiger partial charge in [0.25, 0.3) is 5.91 Å². The number of anilines is 1. The number of esters is 1. The molecule has 0 aliphatic heterocycles. The summed E-state index contributed by atoms with van der Waals surface area (Å²) in [7, 11) is 1.23. The number of halogens is 3. The van der Waals surface area contributed by atoms with Gasteiger partial charge in [-0.15, -0.1) is 11.3 Å². The summed E-state index contributed by atoms with van der Waals surface area (Å²) in [6.45, 7) is 0. The first-order valence-electron chi connectivity index (χ1n) is 5.98. The number of alkyl halides is 3. The lowest BCUT2D eigenvalue weighted by Crippen LogP contribution is -2.13. The predicted octanol–water partition coefficient (Wildman–Crippen LogP) is 3.81. The topological polar surface area (TPSA) is 55.4 Å². The fourth-order valence-electron chi connectivity index (χ4n) is 1.64. The average molecular weight is 329 g/mol. The van der Waals surface area contributed by atoms with E-state index in [2.05, 4.69) is 10.1 Å². The number of hydrogen-bond donors (Lipinski definition) is 1. The van der Waals surface area contributed by atoms with E-state index in [4.69, 9.17) is 0 Å². The number of carbonyl (C=O) groups is 2. The van der Waals surface area contributed by atoms with E-state index in [1.54, 1.807) is 0 Å². The normalized spacial score (nSPS) is 11.1. The van der Waals surface area contributed by atoms with Gasteiger partial charge in [-0.1, -0.05) is 6.07 Å². The highest BCUT2D eigenvalue weighted by Gasteiger charge is 2.30. The number of thiophene rings is 1. The molecule has 0 aliphatic rings. The summed E-state index contributed by atoms with van der Waals surface area (Å²) in [4.78, 5) is 23.5. The lowest BCUT2D eigenvalue weighted by atomic mass is 10.1. The Hall–Kier alpha value is -2.35. The minimum Gasteiger partial charge on any atom is -0.465 e. The third-order valence-electron chi connectivity index (χ3n) is 2.68. The SMILES string of the molecule is COC(=O)c1ccc(NC(=O)c2cccc(C(F)(F)F)c2)s1. The molecule has 22 heavy (non-hydrogen) atoms. The highest BCUT2D eigenvalue weighted by molar-refractivity contribution is 7.18. The monoisotopic (exact) mass is 329 g/mol. The molecule has 1 aromatic heterocycles. The second-order valence-corrected chi connectivity index (χ2v) is 5.27. The molecule has 0 bridgehead atoms. The van der Waals surface area contributed by atoms with Gasteiger partial charge in [0.2, 0.25) is 0 Å². The van der Waals surface area contributed by atoms with E-state index in [1.807, 2.05) is 0 Å². The molecule has 0 fully saturated rings. The molecule has 1 aromatic carbocycles. The van der Waals surface area contributed by atoms with Crippen LogP contribution in [0.3, 0.4) is 0 Å². The van der Waals surface area contributed by atoms with E-state index >= 15 is 0 Å². The summed E-state index contributed by atoms with van der Waals surface area (Å²) in [5.74, 6) is -1.24. The van der Waals surface area contributed by atoms with Crippen LogP contribution in [0.15, 0.2) is 36.4 Å². The van der Waals surface area contributed by atoms with Crippen molar-refractivity contribution in [2.24, 2.45) is 0 Å². The minimum absolute atomic E-state index is 0.122. The van der Waals surface area contributed by atoms with Gasteiger partial charge in [0.05, 0.1) is 17.7 Å². The van der Waals surface area contributed by atoms with Crippen LogP contribution in [0.5, 0.6) is 0 Å². The summed E-state index contributed by atoms with van der Waals surface area (Å²) >= 11 is 0.970. The zero-order valence-electron chi connectivity index (χ0n) is 11.2. The van der Waals surface area contributed by atoms with E-state index in [-0.39, 0.29) is 10.4 Å². The highest BCUT2D eigenvalue weighted by Crippen LogP contribution is 2.30. The highest BCUT2D eigenvalue weighted by atomic mass is 32.1. The third kappa shape index (κ3) is 3.64. The van der Waals surface area contributed by atoms with Gasteiger partial charge in [0.1, 0.15) is 4.88 Å². The molecule has 1 heterocycles. The minimum atomic E-state index is -4.52. The summed E-state index contributed by atoms with van der Waals surface area (Å²) in [5.41, 5.74) is -1.02. The first-order valence-corrected chi connectivity index (χ1v) is 6.79. The molecule has 0 radical (unpaired) electrons. The quantitative estimate of drug-likeness (QED) is 0.871. The van der Waals surface area contributed by atoms with Gasteiger partial charge in [-0.05, 0) is 30.3 Å². The fraction of sp³-hybridized carbons (Fsp3) is 0.143. The van der Waals surface area contributed by atoms with Crippen molar-refractivity contribution in [1.29, 1.82) is 0 Å². The first-order chi connectivity index (χ1) is 10.3. The Bertz CT molecular complexity index is 709. The summed E-state index contributed by atoms with van der Waals surface area (Å²) < 4.78 is 42.4. The van der Waals surface area contributed by atoms with Crippen molar-refractivity contribution in [1.82, 2.24) is 0 Å². The first kappa shape index (κ1) is 16.0. The number of carbonyl (C=O) groups excluding carboxylic acids is 2. The molecule has 0 aliphatic carbocycles. The molecular formula is C14H10F3NO3S. The van der Waals surface area contributed by atoms with Crippen LogP contribution < -0.4 is 5.32 Å². The zero-order chi connectivity index (χ0) is 16.3. The van der Waals surface area contributed by atoms with Crippen molar-refractivity contribution in [2.75, 3.05) is 12.4 Å². The van der Waals surface area contributed by atoms with Crippen molar-refractivity contribution in [3.8, 4) is 0 Å². The van der Waals surface area contributed by atoms with Crippen molar-refractivity contribution in [2.45, 2.75) is 6.18 Å². The maximum Gasteiger partial charge on any atom is 0.416 e. The van der Waals surface area contributed by atoms with Crippen LogP contribution in [0.2, 0.25) is 0 Å². The number of amides is 1. The van der Waals surface area contributed by atoms with Gasteiger partial charge in [-0.2, -0.15) is 13.2 Å². The molecule has 0 saturated carbocycles. The molecule has 0 atom stereocenters. The predicted molar refractivity (Wildman–Crippen MR) is 75.1 cm³/mol. The lowest BCUT2D eigenvalue weighted by molar-refractivity contribution is -0.137. The summed E-state index contributed by atoms with van der Waals surface area (Å²) in [6.07, 6.45) is -4.52. The Morgan fingerprint density at radius 3 is 2.55 bits per heavy atom. The van der Waals surface area contributed by atoms with Crippen LogP contribution in [0.4, 0.5) is 18.2 Å². The van der Waals surface area contributed by atoms with Crippen LogP contribution >= 0.6 is 11.3 Å². The Morgan fingerprint density at radius 1 is 1.18 bits per heavy atom. The smallest absolute Gasteiger partial charge is 0.416 e. The number of nitrogens with one attached hydrogen (secondary N) is 1. The van der Waals surface area contributed by atoms with Gasteiger partial charge in [-0.25, -0.2) is 4.79 Å². The molecule has 1 amide bonds. The number of methoxy groups -OCH3 is 1. The van der Waals surface area contributed by atoms with E-state index < -0.39 is 23.6 Å². The Kier molecular flexibility index (Phi) is 4.51. The summed E-state index contributed by atoms with van der Waals surface area (Å²) in [6, 6.07) is 7.02. The number of rotatable bonds is 3. The molecule has 2 rings (SSSR count). The van der Waals surface area contributed by atoms with Gasteiger partial charge in [0.15, 0.2) is 0 Å². The largest absolute Gasteiger partial charge is 0.465 e. The van der Waals surface area contributed by atoms with Crippen molar-refractivity contribution >= 4 is 28.2 Å². The molecular weight excluding hydrogens is 319 g/mol. The van der Waals surface area contributed by atoms with Gasteiger partial charge < -0.3 is 10.1 Å². The molecule has 4 nitrogen and oxygen atoms in total. The number of ether oxygens (including phenoxy) is 1. The molecule has 0 unspecified atom stereocenters. The lowest BCUT2D eigenvalue weighted by Gasteiger charge is -2.08. The maximum atomic E-state index is 12.6. The van der Waals surface area contributed by atoms with E-state index in [0.717, 1.165) is 29.5 Å². The Balaban J connectivity index is 2.16. The van der Waals surface area contributed by atoms with Gasteiger partial charge in [0, 0.05) is 5.56 Å². The van der Waals surface area contributed by atoms with Crippen molar-refractivity contribution in [3.63, 3.8) is 0 Å². The Labute approximate surface area is 127 Å². The number of benzene rings is 1. The molecule has 2 aromatic rings. The van der Waals surface area contributed by atoms with E-state index in [1.165, 1.54) is 25.3 Å². The molecule has 8 heteroatoms. The second kappa shape index (κ2) is 6.18. The van der Waals surface area contributed by atoms with Gasteiger partial charge >= 0.3 is 12.1 Å². The summed E-state index contributed by atoms with van der Waals surface area (Å²) in [5, 5.41) is 2.78. The van der Waals surface area contributed by atoms with E-state index in [0.29, 0.717) is 5.00 Å². The molecule has 1 N–H and O–H groups in total. The Morgan fingerprint density at radius 2 is 1.91 bits per heavy atom. The zero-order valence-corrected chi connectivity index (χ0v) is 12.0. The molecule has 0 spiro atoms. The average Bonchev–Trinajstić information content (AvgIpc) is 2.94. The molecule has 0 saturated heterocycles. The van der Waals surface area contributed by atoms with Crippen LogP contribution in [-0.2, 0) is 10.9 Å². The van der Waals surface area contributed by atoms with Crippen LogP contribution in [0.25, 0.3) is 0 Å². The van der Waals surface area contributed by atoms with Crippen molar-refractivity contribution < 1.29 is 27.5 Å². The maximum absolute atomic E-state index is 12.6. The van der Waals surface area contributed by atoms with E-state index in [9.17, 15) is 22.8 Å². The van der Waals surface area contributed by atoms with Gasteiger partial charge in [-0.3, -0.25) is 4.79 Å². The van der Waals surface area contributed by atoms with Crippen molar-refractivity contribution in [3.05, 3.63) is 52.4 Å². The second-order valence-electron chi connectivity index (χ2n) is 4.19. The molecule has 116 valence electrons. The van der Waals surface area contributed by atoms with Crippen LogP contribution in [-0.4, -0.2) is 19.0 Å². The third-order valence-corrected chi connectivity index (χ3v) is 3.66. The van der Waals surface area contributed by atoms with Crippen LogP contribution in [0, 0.1) is 0 Å². The standard InChI is InChI=1S/C14H10F3NO3S/c1-21-13(20)10-5-6-11(22-10)18-12(19)8-3-2-4-9(7-8)14(15,16)17/h2-7H,1H3,(H,18,19). The number of hydrogen-bond acceptors (Lipinski definition) is 4. The fourth-order valence-corrected chi connectivity index (χ4v) is 2.46.